The van der Waals surface area contributed by atoms with Crippen LogP contribution in [-0.4, -0.2) is 51.7 Å². The number of hydrogen-bond acceptors (Lipinski definition) is 3. The van der Waals surface area contributed by atoms with Crippen molar-refractivity contribution in [2.45, 2.75) is 94.3 Å². The largest absolute Gasteiger partial charge is 0.370 e. The van der Waals surface area contributed by atoms with Crippen molar-refractivity contribution in [3.05, 3.63) is 0 Å². The Morgan fingerprint density at radius 1 is 1.20 bits per heavy atom. The van der Waals surface area contributed by atoms with Crippen molar-refractivity contribution >= 4 is 5.91 Å². The van der Waals surface area contributed by atoms with Crippen LogP contribution in [0.5, 0.6) is 0 Å². The number of ether oxygens (including phenoxy) is 1. The van der Waals surface area contributed by atoms with Crippen molar-refractivity contribution in [1.82, 2.24) is 9.80 Å². The Morgan fingerprint density at radius 2 is 2.10 bits per heavy atom. The van der Waals surface area contributed by atoms with Gasteiger partial charge in [0, 0.05) is 24.5 Å². The Hall–Kier alpha value is -0.610. The van der Waals surface area contributed by atoms with E-state index in [1.807, 2.05) is 0 Å². The monoisotopic (exact) mass is 276 g/mol. The number of nitrogens with zero attached hydrogens (tertiary/aromatic N) is 2. The second-order valence-electron chi connectivity index (χ2n) is 7.82. The Labute approximate surface area is 120 Å². The maximum absolute atomic E-state index is 12.4. The molecule has 0 radical (unpaired) electrons. The first-order chi connectivity index (χ1) is 9.65. The summed E-state index contributed by atoms with van der Waals surface area (Å²) in [4.78, 5) is 17.4. The van der Waals surface area contributed by atoms with E-state index in [2.05, 4.69) is 16.7 Å². The molecule has 2 bridgehead atoms. The van der Waals surface area contributed by atoms with Crippen LogP contribution in [0.15, 0.2) is 0 Å². The number of fused-ring (bicyclic) bond motifs is 3. The summed E-state index contributed by atoms with van der Waals surface area (Å²) in [5.41, 5.74) is 0.117. The van der Waals surface area contributed by atoms with Gasteiger partial charge in [-0.25, -0.2) is 0 Å². The molecule has 20 heavy (non-hydrogen) atoms. The summed E-state index contributed by atoms with van der Waals surface area (Å²) in [7, 11) is 0. The molecule has 5 saturated heterocycles. The first-order valence-electron chi connectivity index (χ1n) is 8.41. The zero-order chi connectivity index (χ0) is 13.5. The van der Waals surface area contributed by atoms with Crippen LogP contribution in [0.4, 0.5) is 0 Å². The maximum Gasteiger partial charge on any atom is 0.224 e. The lowest BCUT2D eigenvalue weighted by Crippen LogP contribution is -2.70. The molecule has 0 saturated carbocycles. The molecule has 0 aromatic carbocycles. The van der Waals surface area contributed by atoms with Crippen LogP contribution in [-0.2, 0) is 9.53 Å². The highest BCUT2D eigenvalue weighted by atomic mass is 16.5. The fourth-order valence-electron chi connectivity index (χ4n) is 5.95. The van der Waals surface area contributed by atoms with E-state index in [1.165, 1.54) is 25.7 Å². The number of hydrogen-bond donors (Lipinski definition) is 0. The first kappa shape index (κ1) is 12.0. The first-order valence-corrected chi connectivity index (χ1v) is 8.41. The van der Waals surface area contributed by atoms with E-state index >= 15 is 0 Å². The van der Waals surface area contributed by atoms with Crippen molar-refractivity contribution in [1.29, 1.82) is 0 Å². The van der Waals surface area contributed by atoms with Gasteiger partial charge in [-0.1, -0.05) is 0 Å². The van der Waals surface area contributed by atoms with Gasteiger partial charge < -0.3 is 9.64 Å². The standard InChI is InChI=1S/C16H24N2O2/c1-16-8-11-7-10-3-2-4-15(19)18(10)14-6-5-13(20-16)12(9-16)17(11)14/h10-14H,2-9H2,1H3/t10-,11-,12?,13-,14?,16+/m0/s1. The third-order valence-electron chi connectivity index (χ3n) is 6.51. The van der Waals surface area contributed by atoms with Crippen LogP contribution in [0.2, 0.25) is 0 Å². The second kappa shape index (κ2) is 3.77. The molecule has 5 heterocycles. The van der Waals surface area contributed by atoms with Gasteiger partial charge in [0.25, 0.3) is 0 Å². The van der Waals surface area contributed by atoms with Crippen LogP contribution in [0.3, 0.4) is 0 Å². The van der Waals surface area contributed by atoms with Crippen LogP contribution in [0.1, 0.15) is 58.3 Å². The molecular formula is C16H24N2O2. The lowest BCUT2D eigenvalue weighted by molar-refractivity contribution is -0.168. The van der Waals surface area contributed by atoms with Gasteiger partial charge in [-0.15, -0.1) is 0 Å². The molecule has 5 fully saturated rings. The molecule has 5 rings (SSSR count). The smallest absolute Gasteiger partial charge is 0.224 e. The van der Waals surface area contributed by atoms with E-state index in [1.54, 1.807) is 0 Å². The van der Waals surface area contributed by atoms with Crippen LogP contribution in [0, 0.1) is 0 Å². The molecular weight excluding hydrogens is 252 g/mol. The molecule has 0 aliphatic carbocycles. The summed E-state index contributed by atoms with van der Waals surface area (Å²) in [6, 6.07) is 1.74. The van der Waals surface area contributed by atoms with E-state index in [0.717, 1.165) is 25.7 Å². The minimum Gasteiger partial charge on any atom is -0.370 e. The Balaban J connectivity index is 1.55. The SMILES string of the molecule is C[C@]12CC3[C@H](CCC4N5C(=O)CCC[C@H]5C[C@@H](C1)N34)O2. The molecule has 2 unspecified atom stereocenters. The molecule has 1 amide bonds. The molecule has 5 aliphatic rings. The minimum atomic E-state index is 0.117. The fourth-order valence-corrected chi connectivity index (χ4v) is 5.95. The molecule has 0 spiro atoms. The van der Waals surface area contributed by atoms with Gasteiger partial charge in [0.05, 0.1) is 17.9 Å². The third kappa shape index (κ3) is 1.42. The Kier molecular flexibility index (Phi) is 2.26. The fraction of sp³-hybridized carbons (Fsp3) is 0.938. The van der Waals surface area contributed by atoms with Crippen molar-refractivity contribution in [3.63, 3.8) is 0 Å². The lowest BCUT2D eigenvalue weighted by Gasteiger charge is -2.59. The Morgan fingerprint density at radius 3 is 3.00 bits per heavy atom. The molecule has 6 atom stereocenters. The van der Waals surface area contributed by atoms with Gasteiger partial charge in [-0.3, -0.25) is 9.69 Å². The highest BCUT2D eigenvalue weighted by Crippen LogP contribution is 2.52. The number of piperidine rings is 3. The summed E-state index contributed by atoms with van der Waals surface area (Å²) >= 11 is 0. The molecule has 4 heteroatoms. The van der Waals surface area contributed by atoms with E-state index < -0.39 is 0 Å². The molecule has 0 aromatic rings. The molecule has 4 nitrogen and oxygen atoms in total. The van der Waals surface area contributed by atoms with Crippen molar-refractivity contribution in [2.24, 2.45) is 0 Å². The number of rotatable bonds is 0. The van der Waals surface area contributed by atoms with Crippen molar-refractivity contribution in [3.8, 4) is 0 Å². The van der Waals surface area contributed by atoms with Crippen LogP contribution >= 0.6 is 0 Å². The van der Waals surface area contributed by atoms with E-state index in [0.29, 0.717) is 36.3 Å². The van der Waals surface area contributed by atoms with Gasteiger partial charge in [0.15, 0.2) is 0 Å². The minimum absolute atomic E-state index is 0.117. The summed E-state index contributed by atoms with van der Waals surface area (Å²) < 4.78 is 6.39. The zero-order valence-corrected chi connectivity index (χ0v) is 12.3. The molecule has 0 N–H and O–H groups in total. The summed E-state index contributed by atoms with van der Waals surface area (Å²) in [5.74, 6) is 0.412. The molecule has 110 valence electrons. The highest BCUT2D eigenvalue weighted by molar-refractivity contribution is 5.77. The summed E-state index contributed by atoms with van der Waals surface area (Å²) in [6.07, 6.45) is 9.71. The van der Waals surface area contributed by atoms with Gasteiger partial charge in [-0.2, -0.15) is 0 Å². The van der Waals surface area contributed by atoms with E-state index in [-0.39, 0.29) is 5.60 Å². The highest BCUT2D eigenvalue weighted by Gasteiger charge is 2.60. The number of carbonyl (C=O) groups excluding carboxylic acids is 1. The summed E-state index contributed by atoms with van der Waals surface area (Å²) in [5, 5.41) is 0. The summed E-state index contributed by atoms with van der Waals surface area (Å²) in [6.45, 7) is 2.32. The van der Waals surface area contributed by atoms with Gasteiger partial charge >= 0.3 is 0 Å². The number of amides is 1. The molecule has 0 aromatic heterocycles. The molecule has 5 aliphatic heterocycles. The van der Waals surface area contributed by atoms with Crippen LogP contribution in [0.25, 0.3) is 0 Å². The topological polar surface area (TPSA) is 32.8 Å². The van der Waals surface area contributed by atoms with Gasteiger partial charge in [-0.05, 0) is 51.9 Å². The predicted octanol–water partition coefficient (Wildman–Crippen LogP) is 1.88. The lowest BCUT2D eigenvalue weighted by atomic mass is 9.76. The predicted molar refractivity (Wildman–Crippen MR) is 74.1 cm³/mol. The van der Waals surface area contributed by atoms with Gasteiger partial charge in [0.1, 0.15) is 0 Å². The van der Waals surface area contributed by atoms with E-state index in [9.17, 15) is 4.79 Å². The van der Waals surface area contributed by atoms with E-state index in [4.69, 9.17) is 4.74 Å². The maximum atomic E-state index is 12.4. The third-order valence-corrected chi connectivity index (χ3v) is 6.51. The Bertz CT molecular complexity index is 467. The van der Waals surface area contributed by atoms with Gasteiger partial charge in [0.2, 0.25) is 5.91 Å². The zero-order valence-electron chi connectivity index (χ0n) is 12.3. The normalized spacial score (nSPS) is 54.0. The quantitative estimate of drug-likeness (QED) is 0.677. The van der Waals surface area contributed by atoms with Crippen molar-refractivity contribution in [2.75, 3.05) is 0 Å². The average molecular weight is 276 g/mol. The average Bonchev–Trinajstić information content (AvgIpc) is 2.70. The second-order valence-corrected chi connectivity index (χ2v) is 7.82. The van der Waals surface area contributed by atoms with Crippen LogP contribution < -0.4 is 0 Å². The number of carbonyl (C=O) groups is 1. The van der Waals surface area contributed by atoms with Crippen molar-refractivity contribution < 1.29 is 9.53 Å².